The van der Waals surface area contributed by atoms with Gasteiger partial charge in [0.2, 0.25) is 0 Å². The molecule has 0 atom stereocenters. The van der Waals surface area contributed by atoms with Gasteiger partial charge in [0.05, 0.1) is 6.61 Å². The van der Waals surface area contributed by atoms with E-state index in [1.807, 2.05) is 32.9 Å². The largest absolute Gasteiger partial charge is 0.444 e. The molecule has 23 heavy (non-hydrogen) atoms. The van der Waals surface area contributed by atoms with Crippen molar-refractivity contribution in [2.75, 3.05) is 33.4 Å². The molecule has 0 aliphatic heterocycles. The predicted octanol–water partition coefficient (Wildman–Crippen LogP) is 2.97. The van der Waals surface area contributed by atoms with E-state index < -0.39 is 5.60 Å². The Bertz CT molecular complexity index is 483. The molecular formula is C18H30N2O3. The fourth-order valence-electron chi connectivity index (χ4n) is 2.07. The van der Waals surface area contributed by atoms with Gasteiger partial charge in [-0.25, -0.2) is 4.79 Å². The number of methoxy groups -OCH3 is 1. The maximum absolute atomic E-state index is 12.2. The number of carbonyl (C=O) groups is 1. The second-order valence-electron chi connectivity index (χ2n) is 6.56. The van der Waals surface area contributed by atoms with Crippen LogP contribution in [0.3, 0.4) is 0 Å². The number of nitrogens with one attached hydrogen (secondary N) is 1. The van der Waals surface area contributed by atoms with Gasteiger partial charge in [-0.2, -0.15) is 0 Å². The van der Waals surface area contributed by atoms with Crippen LogP contribution in [0.15, 0.2) is 24.3 Å². The van der Waals surface area contributed by atoms with Crippen LogP contribution in [0.2, 0.25) is 0 Å². The first-order valence-corrected chi connectivity index (χ1v) is 8.05. The summed E-state index contributed by atoms with van der Waals surface area (Å²) in [6.45, 7) is 10.8. The van der Waals surface area contributed by atoms with Crippen LogP contribution in [-0.4, -0.2) is 49.9 Å². The molecule has 1 aromatic rings. The van der Waals surface area contributed by atoms with Crippen molar-refractivity contribution in [1.82, 2.24) is 10.2 Å². The van der Waals surface area contributed by atoms with Crippen molar-refractivity contribution >= 4 is 6.09 Å². The molecule has 1 aromatic carbocycles. The van der Waals surface area contributed by atoms with Gasteiger partial charge in [-0.1, -0.05) is 24.3 Å². The molecule has 0 saturated heterocycles. The molecule has 130 valence electrons. The van der Waals surface area contributed by atoms with Crippen molar-refractivity contribution in [1.29, 1.82) is 0 Å². The monoisotopic (exact) mass is 322 g/mol. The summed E-state index contributed by atoms with van der Waals surface area (Å²) in [6, 6.07) is 8.28. The average Bonchev–Trinajstić information content (AvgIpc) is 2.46. The van der Waals surface area contributed by atoms with E-state index in [2.05, 4.69) is 24.4 Å². The number of hydrogen-bond acceptors (Lipinski definition) is 4. The number of rotatable bonds is 8. The number of ether oxygens (including phenoxy) is 2. The summed E-state index contributed by atoms with van der Waals surface area (Å²) in [4.78, 5) is 13.9. The Balaban J connectivity index is 2.44. The molecule has 0 bridgehead atoms. The van der Waals surface area contributed by atoms with E-state index in [0.29, 0.717) is 26.2 Å². The highest BCUT2D eigenvalue weighted by atomic mass is 16.6. The molecule has 0 saturated carbocycles. The average molecular weight is 322 g/mol. The first-order chi connectivity index (χ1) is 10.8. The number of nitrogens with zero attached hydrogens (tertiary/aromatic N) is 1. The molecule has 0 fully saturated rings. The van der Waals surface area contributed by atoms with Crippen LogP contribution >= 0.6 is 0 Å². The molecule has 0 spiro atoms. The molecule has 0 aliphatic rings. The molecule has 1 rings (SSSR count). The van der Waals surface area contributed by atoms with Crippen LogP contribution in [-0.2, 0) is 16.0 Å². The maximum atomic E-state index is 12.2. The number of aryl methyl sites for hydroxylation is 1. The van der Waals surface area contributed by atoms with E-state index in [1.165, 1.54) is 11.1 Å². The van der Waals surface area contributed by atoms with Gasteiger partial charge in [-0.15, -0.1) is 0 Å². The summed E-state index contributed by atoms with van der Waals surface area (Å²) >= 11 is 0. The van der Waals surface area contributed by atoms with E-state index in [4.69, 9.17) is 9.47 Å². The highest BCUT2D eigenvalue weighted by Gasteiger charge is 2.21. The minimum atomic E-state index is -0.489. The lowest BCUT2D eigenvalue weighted by Crippen LogP contribution is -2.42. The lowest BCUT2D eigenvalue weighted by atomic mass is 10.1. The van der Waals surface area contributed by atoms with Crippen LogP contribution in [0.1, 0.15) is 31.9 Å². The smallest absolute Gasteiger partial charge is 0.410 e. The minimum Gasteiger partial charge on any atom is -0.444 e. The summed E-state index contributed by atoms with van der Waals surface area (Å²) in [5.74, 6) is 0. The van der Waals surface area contributed by atoms with Crippen molar-refractivity contribution < 1.29 is 14.3 Å². The highest BCUT2D eigenvalue weighted by Crippen LogP contribution is 2.10. The van der Waals surface area contributed by atoms with E-state index in [9.17, 15) is 4.79 Å². The van der Waals surface area contributed by atoms with Crippen molar-refractivity contribution in [2.45, 2.75) is 39.8 Å². The zero-order chi connectivity index (χ0) is 17.3. The quantitative estimate of drug-likeness (QED) is 0.748. The molecule has 1 N–H and O–H groups in total. The second-order valence-corrected chi connectivity index (χ2v) is 6.56. The predicted molar refractivity (Wildman–Crippen MR) is 92.6 cm³/mol. The second kappa shape index (κ2) is 9.53. The fraction of sp³-hybridized carbons (Fsp3) is 0.611. The zero-order valence-corrected chi connectivity index (χ0v) is 15.0. The van der Waals surface area contributed by atoms with Gasteiger partial charge >= 0.3 is 6.09 Å². The van der Waals surface area contributed by atoms with Crippen LogP contribution in [0.25, 0.3) is 0 Å². The Morgan fingerprint density at radius 2 is 1.91 bits per heavy atom. The minimum absolute atomic E-state index is 0.299. The molecule has 0 heterocycles. The lowest BCUT2D eigenvalue weighted by Gasteiger charge is -2.27. The Labute approximate surface area is 140 Å². The molecule has 0 aliphatic carbocycles. The Morgan fingerprint density at radius 3 is 2.52 bits per heavy atom. The first kappa shape index (κ1) is 19.5. The van der Waals surface area contributed by atoms with Gasteiger partial charge in [0, 0.05) is 33.3 Å². The van der Waals surface area contributed by atoms with E-state index in [0.717, 1.165) is 6.54 Å². The molecule has 0 radical (unpaired) electrons. The van der Waals surface area contributed by atoms with Crippen LogP contribution in [0.5, 0.6) is 0 Å². The Hall–Kier alpha value is -1.59. The van der Waals surface area contributed by atoms with E-state index in [-0.39, 0.29) is 6.09 Å². The van der Waals surface area contributed by atoms with Crippen molar-refractivity contribution in [3.05, 3.63) is 35.4 Å². The van der Waals surface area contributed by atoms with Crippen LogP contribution in [0, 0.1) is 6.92 Å². The van der Waals surface area contributed by atoms with Gasteiger partial charge in [0.1, 0.15) is 5.60 Å². The SMILES string of the molecule is COCCN(CCNCc1ccccc1C)C(=O)OC(C)(C)C. The van der Waals surface area contributed by atoms with Crippen molar-refractivity contribution in [2.24, 2.45) is 0 Å². The summed E-state index contributed by atoms with van der Waals surface area (Å²) < 4.78 is 10.5. The Kier molecular flexibility index (Phi) is 8.06. The maximum Gasteiger partial charge on any atom is 0.410 e. The lowest BCUT2D eigenvalue weighted by molar-refractivity contribution is 0.0204. The number of carbonyl (C=O) groups excluding carboxylic acids is 1. The standard InChI is InChI=1S/C18H30N2O3/c1-15-8-6-7-9-16(15)14-19-10-11-20(12-13-22-5)17(21)23-18(2,3)4/h6-9,19H,10-14H2,1-5H3. The molecule has 0 aromatic heterocycles. The topological polar surface area (TPSA) is 50.8 Å². The molecule has 0 unspecified atom stereocenters. The van der Waals surface area contributed by atoms with E-state index in [1.54, 1.807) is 12.0 Å². The van der Waals surface area contributed by atoms with Crippen molar-refractivity contribution in [3.8, 4) is 0 Å². The number of hydrogen-bond donors (Lipinski definition) is 1. The summed E-state index contributed by atoms with van der Waals surface area (Å²) in [5, 5.41) is 3.38. The summed E-state index contributed by atoms with van der Waals surface area (Å²) in [7, 11) is 1.63. The first-order valence-electron chi connectivity index (χ1n) is 8.05. The van der Waals surface area contributed by atoms with E-state index >= 15 is 0 Å². The normalized spacial score (nSPS) is 11.3. The molecule has 5 nitrogen and oxygen atoms in total. The molecule has 5 heteroatoms. The third kappa shape index (κ3) is 8.00. The fourth-order valence-corrected chi connectivity index (χ4v) is 2.07. The molecule has 1 amide bonds. The van der Waals surface area contributed by atoms with Gasteiger partial charge in [0.15, 0.2) is 0 Å². The Morgan fingerprint density at radius 1 is 1.22 bits per heavy atom. The summed E-state index contributed by atoms with van der Waals surface area (Å²) in [5.41, 5.74) is 2.05. The van der Waals surface area contributed by atoms with Gasteiger partial charge in [-0.05, 0) is 38.8 Å². The molecular weight excluding hydrogens is 292 g/mol. The van der Waals surface area contributed by atoms with Crippen LogP contribution in [0.4, 0.5) is 4.79 Å². The number of amides is 1. The third-order valence-electron chi connectivity index (χ3n) is 3.35. The van der Waals surface area contributed by atoms with Crippen LogP contribution < -0.4 is 5.32 Å². The zero-order valence-electron chi connectivity index (χ0n) is 15.0. The van der Waals surface area contributed by atoms with Gasteiger partial charge < -0.3 is 19.7 Å². The number of benzene rings is 1. The highest BCUT2D eigenvalue weighted by molar-refractivity contribution is 5.68. The summed E-state index contributed by atoms with van der Waals surface area (Å²) in [6.07, 6.45) is -0.299. The van der Waals surface area contributed by atoms with Gasteiger partial charge in [0.25, 0.3) is 0 Å². The third-order valence-corrected chi connectivity index (χ3v) is 3.35. The van der Waals surface area contributed by atoms with Crippen molar-refractivity contribution in [3.63, 3.8) is 0 Å². The van der Waals surface area contributed by atoms with Gasteiger partial charge in [-0.3, -0.25) is 0 Å².